The van der Waals surface area contributed by atoms with E-state index in [0.717, 1.165) is 6.66 Å². The van der Waals surface area contributed by atoms with Crippen LogP contribution in [0.4, 0.5) is 0 Å². The molecule has 6 nitrogen and oxygen atoms in total. The van der Waals surface area contributed by atoms with E-state index in [0.29, 0.717) is 11.3 Å². The van der Waals surface area contributed by atoms with E-state index >= 15 is 0 Å². The predicted octanol–water partition coefficient (Wildman–Crippen LogP) is 1.95. The van der Waals surface area contributed by atoms with E-state index in [-0.39, 0.29) is 12.4 Å². The number of carbonyl (C=O) groups excluding carboxylic acids is 1. The van der Waals surface area contributed by atoms with Gasteiger partial charge in [0.2, 0.25) is 0 Å². The zero-order valence-corrected chi connectivity index (χ0v) is 11.3. The molecule has 7 heteroatoms. The largest absolute Gasteiger partial charge is 0.493 e. The molecule has 1 atom stereocenters. The van der Waals surface area contributed by atoms with Crippen LogP contribution in [0.1, 0.15) is 12.5 Å². The van der Waals surface area contributed by atoms with Crippen LogP contribution in [0.5, 0.6) is 11.5 Å². The summed E-state index contributed by atoms with van der Waals surface area (Å²) in [6, 6.07) is 4.74. The molecule has 0 aliphatic carbocycles. The van der Waals surface area contributed by atoms with E-state index in [1.807, 2.05) is 0 Å². The molecule has 0 saturated carbocycles. The molecule has 0 heterocycles. The Bertz CT molecular complexity index is 478. The lowest BCUT2D eigenvalue weighted by atomic mass is 10.2. The fourth-order valence-corrected chi connectivity index (χ4v) is 1.62. The Hall–Kier alpha value is -1.36. The van der Waals surface area contributed by atoms with Gasteiger partial charge in [0.05, 0.1) is 13.7 Å². The molecule has 1 unspecified atom stereocenters. The van der Waals surface area contributed by atoms with Gasteiger partial charge in [-0.15, -0.1) is 0 Å². The van der Waals surface area contributed by atoms with Crippen LogP contribution >= 0.6 is 7.60 Å². The van der Waals surface area contributed by atoms with E-state index in [1.54, 1.807) is 12.1 Å². The van der Waals surface area contributed by atoms with Crippen molar-refractivity contribution in [1.82, 2.24) is 0 Å². The molecule has 0 amide bonds. The standard InChI is InChI=1S/C11H15O6P/c1-8(12)17-10-5-4-9(6-11(10)15-2)7-16-18(3,13)14/h4-6H,7H2,1-3H3,(H,13,14). The quantitative estimate of drug-likeness (QED) is 0.502. The first-order valence-electron chi connectivity index (χ1n) is 5.12. The molecule has 0 aliphatic rings. The molecule has 100 valence electrons. The molecule has 0 aromatic heterocycles. The van der Waals surface area contributed by atoms with Gasteiger partial charge in [0.25, 0.3) is 0 Å². The fraction of sp³-hybridized carbons (Fsp3) is 0.364. The Kier molecular flexibility index (Phi) is 4.90. The van der Waals surface area contributed by atoms with Gasteiger partial charge in [0, 0.05) is 13.6 Å². The molecular weight excluding hydrogens is 259 g/mol. The first-order valence-corrected chi connectivity index (χ1v) is 7.14. The lowest BCUT2D eigenvalue weighted by Crippen LogP contribution is -2.03. The molecule has 1 aromatic rings. The predicted molar refractivity (Wildman–Crippen MR) is 64.8 cm³/mol. The fourth-order valence-electron chi connectivity index (χ4n) is 1.24. The number of hydrogen-bond acceptors (Lipinski definition) is 5. The first-order chi connectivity index (χ1) is 8.31. The molecule has 0 fully saturated rings. The third-order valence-corrected chi connectivity index (χ3v) is 2.56. The maximum atomic E-state index is 11.0. The Morgan fingerprint density at radius 3 is 2.56 bits per heavy atom. The highest BCUT2D eigenvalue weighted by Crippen LogP contribution is 2.38. The maximum Gasteiger partial charge on any atom is 0.325 e. The van der Waals surface area contributed by atoms with Gasteiger partial charge in [0.1, 0.15) is 0 Å². The molecule has 1 rings (SSSR count). The van der Waals surface area contributed by atoms with Gasteiger partial charge < -0.3 is 18.9 Å². The van der Waals surface area contributed by atoms with Crippen LogP contribution in [0.2, 0.25) is 0 Å². The number of esters is 1. The molecule has 0 spiro atoms. The second-order valence-corrected chi connectivity index (χ2v) is 5.52. The maximum absolute atomic E-state index is 11.0. The van der Waals surface area contributed by atoms with E-state index in [1.165, 1.54) is 20.1 Å². The molecule has 0 saturated heterocycles. The van der Waals surface area contributed by atoms with Gasteiger partial charge in [-0.1, -0.05) is 6.07 Å². The number of ether oxygens (including phenoxy) is 2. The van der Waals surface area contributed by atoms with Crippen molar-refractivity contribution in [3.8, 4) is 11.5 Å². The summed E-state index contributed by atoms with van der Waals surface area (Å²) in [6.45, 7) is 2.37. The Morgan fingerprint density at radius 1 is 1.39 bits per heavy atom. The minimum absolute atomic E-state index is 0.0268. The molecule has 1 N–H and O–H groups in total. The summed E-state index contributed by atoms with van der Waals surface area (Å²) in [5.74, 6) is 0.193. The van der Waals surface area contributed by atoms with Crippen LogP contribution in [0.25, 0.3) is 0 Å². The van der Waals surface area contributed by atoms with Crippen molar-refractivity contribution in [3.63, 3.8) is 0 Å². The van der Waals surface area contributed by atoms with Crippen LogP contribution in [-0.4, -0.2) is 24.6 Å². The average Bonchev–Trinajstić information content (AvgIpc) is 2.26. The van der Waals surface area contributed by atoms with Crippen molar-refractivity contribution in [2.75, 3.05) is 13.8 Å². The number of hydrogen-bond donors (Lipinski definition) is 1. The number of benzene rings is 1. The normalized spacial score (nSPS) is 13.8. The summed E-state index contributed by atoms with van der Waals surface area (Å²) in [7, 11) is -2.08. The van der Waals surface area contributed by atoms with Crippen molar-refractivity contribution in [2.45, 2.75) is 13.5 Å². The highest BCUT2D eigenvalue weighted by Gasteiger charge is 2.12. The number of methoxy groups -OCH3 is 1. The van der Waals surface area contributed by atoms with Crippen molar-refractivity contribution < 1.29 is 28.3 Å². The minimum Gasteiger partial charge on any atom is -0.493 e. The van der Waals surface area contributed by atoms with Crippen LogP contribution in [0.15, 0.2) is 18.2 Å². The number of carbonyl (C=O) groups is 1. The molecule has 1 aromatic carbocycles. The van der Waals surface area contributed by atoms with Gasteiger partial charge in [-0.05, 0) is 17.7 Å². The summed E-state index contributed by atoms with van der Waals surface area (Å²) in [4.78, 5) is 19.9. The summed E-state index contributed by atoms with van der Waals surface area (Å²) >= 11 is 0. The van der Waals surface area contributed by atoms with E-state index in [9.17, 15) is 9.36 Å². The zero-order chi connectivity index (χ0) is 13.8. The van der Waals surface area contributed by atoms with E-state index < -0.39 is 13.6 Å². The van der Waals surface area contributed by atoms with Crippen molar-refractivity contribution >= 4 is 13.6 Å². The second kappa shape index (κ2) is 6.00. The average molecular weight is 274 g/mol. The molecule has 0 bridgehead atoms. The van der Waals surface area contributed by atoms with Crippen LogP contribution in [0.3, 0.4) is 0 Å². The molecule has 0 radical (unpaired) electrons. The summed E-state index contributed by atoms with van der Waals surface area (Å²) < 4.78 is 25.8. The summed E-state index contributed by atoms with van der Waals surface area (Å²) in [6.07, 6.45) is 0. The molecule has 18 heavy (non-hydrogen) atoms. The third-order valence-electron chi connectivity index (χ3n) is 1.95. The summed E-state index contributed by atoms with van der Waals surface area (Å²) in [5, 5.41) is 0. The highest BCUT2D eigenvalue weighted by atomic mass is 31.2. The SMILES string of the molecule is COc1cc(COP(C)(=O)O)ccc1OC(C)=O. The monoisotopic (exact) mass is 274 g/mol. The van der Waals surface area contributed by atoms with Crippen LogP contribution in [-0.2, 0) is 20.5 Å². The second-order valence-electron chi connectivity index (χ2n) is 3.66. The van der Waals surface area contributed by atoms with Crippen LogP contribution < -0.4 is 9.47 Å². The van der Waals surface area contributed by atoms with Gasteiger partial charge in [-0.25, -0.2) is 0 Å². The van der Waals surface area contributed by atoms with Crippen molar-refractivity contribution in [1.29, 1.82) is 0 Å². The molecule has 0 aliphatic heterocycles. The highest BCUT2D eigenvalue weighted by molar-refractivity contribution is 7.51. The Balaban J connectivity index is 2.85. The number of rotatable bonds is 5. The Labute approximate surface area is 105 Å². The Morgan fingerprint density at radius 2 is 2.06 bits per heavy atom. The van der Waals surface area contributed by atoms with Gasteiger partial charge in [0.15, 0.2) is 11.5 Å². The molecular formula is C11H15O6P. The lowest BCUT2D eigenvalue weighted by molar-refractivity contribution is -0.132. The van der Waals surface area contributed by atoms with Gasteiger partial charge in [-0.3, -0.25) is 9.36 Å². The topological polar surface area (TPSA) is 82.1 Å². The van der Waals surface area contributed by atoms with Crippen molar-refractivity contribution in [3.05, 3.63) is 23.8 Å². The third kappa shape index (κ3) is 4.87. The zero-order valence-electron chi connectivity index (χ0n) is 10.4. The lowest BCUT2D eigenvalue weighted by Gasteiger charge is -2.11. The van der Waals surface area contributed by atoms with Gasteiger partial charge in [-0.2, -0.15) is 0 Å². The summed E-state index contributed by atoms with van der Waals surface area (Å²) in [5.41, 5.74) is 0.638. The first kappa shape index (κ1) is 14.7. The van der Waals surface area contributed by atoms with E-state index in [2.05, 4.69) is 0 Å². The van der Waals surface area contributed by atoms with E-state index in [4.69, 9.17) is 18.9 Å². The smallest absolute Gasteiger partial charge is 0.325 e. The van der Waals surface area contributed by atoms with Crippen LogP contribution in [0, 0.1) is 0 Å². The van der Waals surface area contributed by atoms with Gasteiger partial charge >= 0.3 is 13.6 Å². The minimum atomic E-state index is -3.52. The van der Waals surface area contributed by atoms with Crippen molar-refractivity contribution in [2.24, 2.45) is 0 Å².